The van der Waals surface area contributed by atoms with Crippen LogP contribution in [0.3, 0.4) is 0 Å². The number of alkyl halides is 2. The number of aliphatic hydroxyl groups is 1. The molecule has 0 radical (unpaired) electrons. The number of hydrogen-bond donors (Lipinski definition) is 4. The Morgan fingerprint density at radius 1 is 1.08 bits per heavy atom. The van der Waals surface area contributed by atoms with Crippen molar-refractivity contribution in [1.82, 2.24) is 0 Å². The topological polar surface area (TPSA) is 109 Å². The number of nitrogens with one attached hydrogen (secondary N) is 3. The highest BCUT2D eigenvalue weighted by Crippen LogP contribution is 2.50. The molecule has 1 aliphatic carbocycles. The van der Waals surface area contributed by atoms with Gasteiger partial charge < -0.3 is 35.3 Å². The molecule has 36 heavy (non-hydrogen) atoms. The molecule has 2 heterocycles. The summed E-state index contributed by atoms with van der Waals surface area (Å²) in [6.45, 7) is 7.55. The first kappa shape index (κ1) is 23.9. The van der Waals surface area contributed by atoms with Gasteiger partial charge in [0.1, 0.15) is 28.5 Å². The summed E-state index contributed by atoms with van der Waals surface area (Å²) < 4.78 is 41.8. The molecular formula is C25H27F2N5O4. The van der Waals surface area contributed by atoms with Crippen molar-refractivity contribution in [2.75, 3.05) is 23.0 Å². The Morgan fingerprint density at radius 3 is 2.50 bits per heavy atom. The van der Waals surface area contributed by atoms with Gasteiger partial charge in [-0.2, -0.15) is 0 Å². The lowest BCUT2D eigenvalue weighted by molar-refractivity contribution is -0.286. The standard InChI is InChI=1S/C25H27F2N5O4/c1-23-10-9-20(33)24(23,2)32-16-11-14(5-7-17(16)34-23)30-21(28-3)13-22(29-4)31-15-6-8-18-19(12-15)36-25(26,27)35-18/h5-8,11-13,20,31-33H,4,9-10H2,1-3H3,(H,28,30)/b22-13+. The number of aliphatic hydroxyl groups excluding tert-OH is 1. The summed E-state index contributed by atoms with van der Waals surface area (Å²) in [5.74, 6) is 1.36. The van der Waals surface area contributed by atoms with E-state index in [9.17, 15) is 13.9 Å². The van der Waals surface area contributed by atoms with E-state index in [1.165, 1.54) is 12.1 Å². The van der Waals surface area contributed by atoms with Crippen molar-refractivity contribution >= 4 is 29.6 Å². The Hall–Kier alpha value is -3.86. The first-order valence-corrected chi connectivity index (χ1v) is 11.4. The molecule has 2 aromatic carbocycles. The number of hydrogen-bond acceptors (Lipinski definition) is 8. The first-order chi connectivity index (χ1) is 17.0. The molecule has 0 amide bonds. The fraction of sp³-hybridized carbons (Fsp3) is 0.360. The van der Waals surface area contributed by atoms with Crippen molar-refractivity contribution in [2.45, 2.75) is 50.2 Å². The van der Waals surface area contributed by atoms with Crippen molar-refractivity contribution in [1.29, 1.82) is 0 Å². The molecule has 1 fully saturated rings. The van der Waals surface area contributed by atoms with Crippen LogP contribution in [0.25, 0.3) is 0 Å². The Labute approximate surface area is 206 Å². The Morgan fingerprint density at radius 2 is 1.78 bits per heavy atom. The molecule has 9 nitrogen and oxygen atoms in total. The minimum atomic E-state index is -3.69. The molecule has 2 aliphatic heterocycles. The Bertz CT molecular complexity index is 1280. The molecule has 3 unspecified atom stereocenters. The Balaban J connectivity index is 1.32. The molecule has 3 atom stereocenters. The molecule has 4 N–H and O–H groups in total. The molecule has 11 heteroatoms. The summed E-state index contributed by atoms with van der Waals surface area (Å²) in [6, 6.07) is 9.93. The van der Waals surface area contributed by atoms with Crippen LogP contribution in [0.15, 0.2) is 58.3 Å². The highest BCUT2D eigenvalue weighted by molar-refractivity contribution is 6.04. The smallest absolute Gasteiger partial charge is 0.483 e. The van der Waals surface area contributed by atoms with E-state index in [-0.39, 0.29) is 11.5 Å². The van der Waals surface area contributed by atoms with Crippen molar-refractivity contribution in [2.24, 2.45) is 9.98 Å². The SMILES string of the molecule is C=N/C(=C\C(=NC)Nc1ccc2c(c1)NC1(C)C(O)CCC1(C)O2)Nc1ccc2c(c1)OC(F)(F)O2. The van der Waals surface area contributed by atoms with E-state index in [1.54, 1.807) is 19.2 Å². The van der Waals surface area contributed by atoms with E-state index in [4.69, 9.17) is 4.74 Å². The van der Waals surface area contributed by atoms with Gasteiger partial charge in [-0.3, -0.25) is 4.99 Å². The van der Waals surface area contributed by atoms with Gasteiger partial charge in [0.25, 0.3) is 0 Å². The van der Waals surface area contributed by atoms with Crippen LogP contribution >= 0.6 is 0 Å². The van der Waals surface area contributed by atoms with E-state index in [0.717, 1.165) is 17.8 Å². The van der Waals surface area contributed by atoms with Crippen LogP contribution in [0.4, 0.5) is 25.8 Å². The number of ether oxygens (including phenoxy) is 3. The minimum absolute atomic E-state index is 0.0515. The number of nitrogens with zero attached hydrogens (tertiary/aromatic N) is 2. The van der Waals surface area contributed by atoms with Gasteiger partial charge in [-0.05, 0) is 63.7 Å². The molecule has 2 aromatic rings. The van der Waals surface area contributed by atoms with Crippen molar-refractivity contribution < 1.29 is 28.1 Å². The number of anilines is 3. The number of amidine groups is 1. The maximum Gasteiger partial charge on any atom is 0.586 e. The molecule has 0 saturated heterocycles. The molecule has 5 rings (SSSR count). The maximum atomic E-state index is 13.3. The molecule has 0 bridgehead atoms. The van der Waals surface area contributed by atoms with Crippen LogP contribution in [-0.4, -0.2) is 48.2 Å². The van der Waals surface area contributed by atoms with Crippen molar-refractivity contribution in [3.63, 3.8) is 0 Å². The molecule has 0 aromatic heterocycles. The predicted octanol–water partition coefficient (Wildman–Crippen LogP) is 4.58. The van der Waals surface area contributed by atoms with Crippen molar-refractivity contribution in [3.05, 3.63) is 48.3 Å². The normalized spacial score (nSPS) is 27.9. The summed E-state index contributed by atoms with van der Waals surface area (Å²) in [7, 11) is 1.61. The summed E-state index contributed by atoms with van der Waals surface area (Å²) in [5.41, 5.74) is 0.825. The van der Waals surface area contributed by atoms with Crippen LogP contribution in [-0.2, 0) is 0 Å². The second-order valence-electron chi connectivity index (χ2n) is 9.30. The quantitative estimate of drug-likeness (QED) is 0.352. The van der Waals surface area contributed by atoms with Crippen LogP contribution in [0.1, 0.15) is 26.7 Å². The summed E-state index contributed by atoms with van der Waals surface area (Å²) in [5, 5.41) is 20.3. The van der Waals surface area contributed by atoms with E-state index in [0.29, 0.717) is 29.5 Å². The van der Waals surface area contributed by atoms with E-state index in [1.807, 2.05) is 32.0 Å². The van der Waals surface area contributed by atoms with Gasteiger partial charge in [0, 0.05) is 30.6 Å². The zero-order chi connectivity index (χ0) is 25.7. The van der Waals surface area contributed by atoms with E-state index < -0.39 is 23.5 Å². The monoisotopic (exact) mass is 499 g/mol. The van der Waals surface area contributed by atoms with Gasteiger partial charge in [0.05, 0.1) is 11.8 Å². The number of halogens is 2. The largest absolute Gasteiger partial charge is 0.586 e. The van der Waals surface area contributed by atoms with Crippen LogP contribution in [0, 0.1) is 0 Å². The third-order valence-corrected chi connectivity index (χ3v) is 7.00. The third kappa shape index (κ3) is 4.09. The summed E-state index contributed by atoms with van der Waals surface area (Å²) in [6.07, 6.45) is -1.19. The van der Waals surface area contributed by atoms with Crippen LogP contribution < -0.4 is 30.2 Å². The van der Waals surface area contributed by atoms with Gasteiger partial charge in [-0.1, -0.05) is 0 Å². The number of rotatable bonds is 5. The molecule has 1 saturated carbocycles. The lowest BCUT2D eigenvalue weighted by Gasteiger charge is -2.48. The molecule has 190 valence electrons. The highest BCUT2D eigenvalue weighted by atomic mass is 19.3. The fourth-order valence-corrected chi connectivity index (χ4v) is 4.73. The lowest BCUT2D eigenvalue weighted by atomic mass is 9.82. The van der Waals surface area contributed by atoms with E-state index in [2.05, 4.69) is 42.1 Å². The van der Waals surface area contributed by atoms with Crippen LogP contribution in [0.2, 0.25) is 0 Å². The van der Waals surface area contributed by atoms with Crippen LogP contribution in [0.5, 0.6) is 17.2 Å². The van der Waals surface area contributed by atoms with E-state index >= 15 is 0 Å². The van der Waals surface area contributed by atoms with Gasteiger partial charge >= 0.3 is 6.29 Å². The fourth-order valence-electron chi connectivity index (χ4n) is 4.73. The summed E-state index contributed by atoms with van der Waals surface area (Å²) >= 11 is 0. The zero-order valence-corrected chi connectivity index (χ0v) is 20.1. The van der Waals surface area contributed by atoms with Gasteiger partial charge in [0.2, 0.25) is 0 Å². The number of fused-ring (bicyclic) bond motifs is 3. The van der Waals surface area contributed by atoms with Gasteiger partial charge in [-0.25, -0.2) is 4.99 Å². The zero-order valence-electron chi connectivity index (χ0n) is 20.1. The molecule has 0 spiro atoms. The minimum Gasteiger partial charge on any atom is -0.483 e. The second-order valence-corrected chi connectivity index (χ2v) is 9.30. The maximum absolute atomic E-state index is 13.3. The lowest BCUT2D eigenvalue weighted by Crippen LogP contribution is -2.62. The van der Waals surface area contributed by atoms with Crippen molar-refractivity contribution in [3.8, 4) is 17.2 Å². The number of benzene rings is 2. The Kier molecular flexibility index (Phi) is 5.55. The number of aliphatic imine (C=N–C) groups is 2. The third-order valence-electron chi connectivity index (χ3n) is 7.00. The second kappa shape index (κ2) is 8.37. The average molecular weight is 500 g/mol. The predicted molar refractivity (Wildman–Crippen MR) is 134 cm³/mol. The first-order valence-electron chi connectivity index (χ1n) is 11.4. The molecular weight excluding hydrogens is 472 g/mol. The highest BCUT2D eigenvalue weighted by Gasteiger charge is 2.58. The molecule has 3 aliphatic rings. The van der Waals surface area contributed by atoms with Gasteiger partial charge in [0.15, 0.2) is 11.5 Å². The average Bonchev–Trinajstić information content (AvgIpc) is 3.26. The van der Waals surface area contributed by atoms with Gasteiger partial charge in [-0.15, -0.1) is 8.78 Å². The summed E-state index contributed by atoms with van der Waals surface area (Å²) in [4.78, 5) is 8.22.